The highest BCUT2D eigenvalue weighted by Crippen LogP contribution is 2.31. The molecule has 0 saturated carbocycles. The summed E-state index contributed by atoms with van der Waals surface area (Å²) >= 11 is 11.7. The lowest BCUT2D eigenvalue weighted by Crippen LogP contribution is -2.34. The number of carboxylic acids is 1. The number of hydrogen-bond donors (Lipinski definition) is 2. The van der Waals surface area contributed by atoms with Crippen LogP contribution in [0.2, 0.25) is 10.0 Å². The molecule has 0 aromatic heterocycles. The van der Waals surface area contributed by atoms with Gasteiger partial charge in [0.1, 0.15) is 0 Å². The molecule has 0 fully saturated rings. The molecule has 0 spiro atoms. The Bertz CT molecular complexity index is 409. The van der Waals surface area contributed by atoms with Gasteiger partial charge in [0, 0.05) is 12.0 Å². The number of benzene rings is 1. The Balaban J connectivity index is 3.12. The third-order valence-corrected chi connectivity index (χ3v) is 3.35. The number of carbonyl (C=O) groups is 1. The van der Waals surface area contributed by atoms with Gasteiger partial charge in [-0.2, -0.15) is 0 Å². The summed E-state index contributed by atoms with van der Waals surface area (Å²) in [5, 5.41) is 9.70. The van der Waals surface area contributed by atoms with Gasteiger partial charge in [-0.25, -0.2) is 0 Å². The lowest BCUT2D eigenvalue weighted by Gasteiger charge is -2.27. The van der Waals surface area contributed by atoms with E-state index in [9.17, 15) is 4.79 Å². The summed E-state index contributed by atoms with van der Waals surface area (Å²) in [7, 11) is 0. The summed E-state index contributed by atoms with van der Waals surface area (Å²) in [6, 6.07) is 5.07. The fourth-order valence-electron chi connectivity index (χ4n) is 1.50. The van der Waals surface area contributed by atoms with Crippen molar-refractivity contribution in [3.63, 3.8) is 0 Å². The van der Waals surface area contributed by atoms with Crippen molar-refractivity contribution in [2.24, 2.45) is 5.73 Å². The largest absolute Gasteiger partial charge is 0.481 e. The molecule has 0 amide bonds. The molecule has 0 aliphatic carbocycles. The molecule has 5 heteroatoms. The Morgan fingerprint density at radius 3 is 2.50 bits per heavy atom. The maximum atomic E-state index is 10.8. The van der Waals surface area contributed by atoms with E-state index in [0.29, 0.717) is 10.0 Å². The van der Waals surface area contributed by atoms with Gasteiger partial charge in [-0.05, 0) is 17.7 Å². The average Bonchev–Trinajstić information content (AvgIpc) is 2.21. The van der Waals surface area contributed by atoms with Gasteiger partial charge < -0.3 is 10.8 Å². The second-order valence-corrected chi connectivity index (χ2v) is 4.78. The zero-order valence-electron chi connectivity index (χ0n) is 8.84. The minimum Gasteiger partial charge on any atom is -0.481 e. The van der Waals surface area contributed by atoms with Crippen LogP contribution in [0, 0.1) is 0 Å². The Morgan fingerprint density at radius 1 is 1.44 bits per heavy atom. The maximum absolute atomic E-state index is 10.8. The standard InChI is InChI=1S/C11H13Cl2NO2/c1-11(6-14,5-10(15)16)7-2-3-8(12)9(13)4-7/h2-4H,5-6,14H2,1H3,(H,15,16). The Hall–Kier alpha value is -0.770. The first kappa shape index (κ1) is 13.3. The molecule has 0 saturated heterocycles. The molecule has 16 heavy (non-hydrogen) atoms. The third-order valence-electron chi connectivity index (χ3n) is 2.61. The van der Waals surface area contributed by atoms with E-state index >= 15 is 0 Å². The van der Waals surface area contributed by atoms with Crippen LogP contribution in [-0.2, 0) is 10.2 Å². The Kier molecular flexibility index (Phi) is 4.19. The summed E-state index contributed by atoms with van der Waals surface area (Å²) in [5.74, 6) is -0.890. The van der Waals surface area contributed by atoms with Crippen molar-refractivity contribution in [3.8, 4) is 0 Å². The average molecular weight is 262 g/mol. The van der Waals surface area contributed by atoms with E-state index in [2.05, 4.69) is 0 Å². The van der Waals surface area contributed by atoms with Crippen LogP contribution in [-0.4, -0.2) is 17.6 Å². The molecule has 0 bridgehead atoms. The molecule has 0 aliphatic rings. The molecule has 1 aromatic rings. The van der Waals surface area contributed by atoms with Crippen LogP contribution in [0.15, 0.2) is 18.2 Å². The number of rotatable bonds is 4. The van der Waals surface area contributed by atoms with Crippen molar-refractivity contribution in [1.82, 2.24) is 0 Å². The monoisotopic (exact) mass is 261 g/mol. The van der Waals surface area contributed by atoms with E-state index in [0.717, 1.165) is 5.56 Å². The third kappa shape index (κ3) is 2.88. The molecule has 1 rings (SSSR count). The second-order valence-electron chi connectivity index (χ2n) is 3.96. The molecule has 0 aliphatic heterocycles. The zero-order chi connectivity index (χ0) is 12.3. The Morgan fingerprint density at radius 2 is 2.06 bits per heavy atom. The van der Waals surface area contributed by atoms with Crippen LogP contribution >= 0.6 is 23.2 Å². The van der Waals surface area contributed by atoms with E-state index in [-0.39, 0.29) is 13.0 Å². The molecular formula is C11H13Cl2NO2. The predicted octanol–water partition coefficient (Wildman–Crippen LogP) is 2.68. The molecule has 3 N–H and O–H groups in total. The van der Waals surface area contributed by atoms with Gasteiger partial charge in [-0.15, -0.1) is 0 Å². The van der Waals surface area contributed by atoms with Crippen molar-refractivity contribution in [3.05, 3.63) is 33.8 Å². The van der Waals surface area contributed by atoms with Crippen molar-refractivity contribution in [2.45, 2.75) is 18.8 Å². The smallest absolute Gasteiger partial charge is 0.304 e. The zero-order valence-corrected chi connectivity index (χ0v) is 10.3. The minimum absolute atomic E-state index is 0.0402. The second kappa shape index (κ2) is 5.04. The first-order valence-electron chi connectivity index (χ1n) is 4.76. The van der Waals surface area contributed by atoms with Crippen LogP contribution in [0.5, 0.6) is 0 Å². The van der Waals surface area contributed by atoms with Gasteiger partial charge in [0.05, 0.1) is 16.5 Å². The molecule has 1 unspecified atom stereocenters. The highest BCUT2D eigenvalue weighted by Gasteiger charge is 2.28. The van der Waals surface area contributed by atoms with Crippen LogP contribution in [0.4, 0.5) is 0 Å². The van der Waals surface area contributed by atoms with Gasteiger partial charge >= 0.3 is 5.97 Å². The maximum Gasteiger partial charge on any atom is 0.304 e. The van der Waals surface area contributed by atoms with Crippen LogP contribution in [0.25, 0.3) is 0 Å². The van der Waals surface area contributed by atoms with E-state index < -0.39 is 11.4 Å². The fraction of sp³-hybridized carbons (Fsp3) is 0.364. The number of hydrogen-bond acceptors (Lipinski definition) is 2. The van der Waals surface area contributed by atoms with Gasteiger partial charge in [0.15, 0.2) is 0 Å². The van der Waals surface area contributed by atoms with E-state index in [4.69, 9.17) is 34.0 Å². The first-order chi connectivity index (χ1) is 7.39. The minimum atomic E-state index is -0.890. The lowest BCUT2D eigenvalue weighted by atomic mass is 9.79. The molecule has 1 aromatic carbocycles. The summed E-state index contributed by atoms with van der Waals surface area (Å²) in [6.45, 7) is 2.03. The molecule has 3 nitrogen and oxygen atoms in total. The Labute approximate surface area is 104 Å². The van der Waals surface area contributed by atoms with E-state index in [1.165, 1.54) is 0 Å². The molecule has 1 atom stereocenters. The van der Waals surface area contributed by atoms with Gasteiger partial charge in [0.25, 0.3) is 0 Å². The lowest BCUT2D eigenvalue weighted by molar-refractivity contribution is -0.138. The number of nitrogens with two attached hydrogens (primary N) is 1. The van der Waals surface area contributed by atoms with Crippen molar-refractivity contribution < 1.29 is 9.90 Å². The topological polar surface area (TPSA) is 63.3 Å². The van der Waals surface area contributed by atoms with Crippen molar-refractivity contribution in [1.29, 1.82) is 0 Å². The van der Waals surface area contributed by atoms with E-state index in [1.807, 2.05) is 0 Å². The normalized spacial score (nSPS) is 14.5. The molecular weight excluding hydrogens is 249 g/mol. The summed E-state index contributed by atoms with van der Waals surface area (Å²) in [6.07, 6.45) is -0.0402. The van der Waals surface area contributed by atoms with Gasteiger partial charge in [-0.1, -0.05) is 36.2 Å². The summed E-state index contributed by atoms with van der Waals surface area (Å²) in [4.78, 5) is 10.8. The van der Waals surface area contributed by atoms with Crippen LogP contribution in [0.1, 0.15) is 18.9 Å². The number of halogens is 2. The fourth-order valence-corrected chi connectivity index (χ4v) is 1.80. The van der Waals surface area contributed by atoms with E-state index in [1.54, 1.807) is 25.1 Å². The van der Waals surface area contributed by atoms with Crippen LogP contribution in [0.3, 0.4) is 0 Å². The predicted molar refractivity (Wildman–Crippen MR) is 65.1 cm³/mol. The first-order valence-corrected chi connectivity index (χ1v) is 5.52. The van der Waals surface area contributed by atoms with Gasteiger partial charge in [0.2, 0.25) is 0 Å². The van der Waals surface area contributed by atoms with Crippen molar-refractivity contribution in [2.75, 3.05) is 6.54 Å². The SMILES string of the molecule is CC(CN)(CC(=O)O)c1ccc(Cl)c(Cl)c1. The molecule has 88 valence electrons. The summed E-state index contributed by atoms with van der Waals surface area (Å²) < 4.78 is 0. The molecule has 0 heterocycles. The van der Waals surface area contributed by atoms with Crippen molar-refractivity contribution >= 4 is 29.2 Å². The highest BCUT2D eigenvalue weighted by atomic mass is 35.5. The highest BCUT2D eigenvalue weighted by molar-refractivity contribution is 6.42. The van der Waals surface area contributed by atoms with Gasteiger partial charge in [-0.3, -0.25) is 4.79 Å². The van der Waals surface area contributed by atoms with Crippen LogP contribution < -0.4 is 5.73 Å². The number of carboxylic acid groups (broad SMARTS) is 1. The molecule has 0 radical (unpaired) electrons. The summed E-state index contributed by atoms with van der Waals surface area (Å²) in [5.41, 5.74) is 5.80. The number of aliphatic carboxylic acids is 1. The quantitative estimate of drug-likeness (QED) is 0.876.